The van der Waals surface area contributed by atoms with Crippen molar-refractivity contribution in [2.45, 2.75) is 31.8 Å². The van der Waals surface area contributed by atoms with Crippen LogP contribution in [0, 0.1) is 6.92 Å². The van der Waals surface area contributed by atoms with E-state index in [1.807, 2.05) is 13.8 Å². The molecule has 0 spiro atoms. The van der Waals surface area contributed by atoms with Crippen LogP contribution in [0.4, 0.5) is 5.69 Å². The summed E-state index contributed by atoms with van der Waals surface area (Å²) in [6.45, 7) is 4.77. The fourth-order valence-corrected chi connectivity index (χ4v) is 3.88. The number of rotatable bonds is 9. The van der Waals surface area contributed by atoms with E-state index >= 15 is 0 Å². The minimum absolute atomic E-state index is 0.0239. The van der Waals surface area contributed by atoms with Crippen molar-refractivity contribution in [3.63, 3.8) is 0 Å². The molecule has 180 valence electrons. The number of hydrogen-bond acceptors (Lipinski definition) is 7. The van der Waals surface area contributed by atoms with Gasteiger partial charge in [0.25, 0.3) is 5.91 Å². The van der Waals surface area contributed by atoms with Crippen molar-refractivity contribution in [1.82, 2.24) is 4.31 Å². The average molecular weight is 499 g/mol. The van der Waals surface area contributed by atoms with E-state index in [1.54, 1.807) is 13.0 Å². The molecule has 0 heterocycles. The molecule has 1 N–H and O–H groups in total. The minimum atomic E-state index is -3.67. The second-order valence-corrected chi connectivity index (χ2v) is 10.1. The Labute approximate surface area is 198 Å². The van der Waals surface area contributed by atoms with E-state index in [0.29, 0.717) is 17.0 Å². The molecule has 0 aromatic heterocycles. The highest BCUT2D eigenvalue weighted by molar-refractivity contribution is 7.89. The standard InChI is InChI=1S/C22H27ClN2O7S/c1-13(2)32-21-17(23)9-15(10-19(21)30-6)22(27)31-12-20(26)24-18-11-16(8-7-14(18)3)33(28,29)25(4)5/h7-11,13H,12H2,1-6H3,(H,24,26). The molecule has 0 aliphatic heterocycles. The lowest BCUT2D eigenvalue weighted by Crippen LogP contribution is -2.23. The van der Waals surface area contributed by atoms with Gasteiger partial charge in [-0.2, -0.15) is 0 Å². The molecule has 0 saturated carbocycles. The zero-order valence-corrected chi connectivity index (χ0v) is 20.8. The second kappa shape index (κ2) is 10.9. The van der Waals surface area contributed by atoms with Gasteiger partial charge in [-0.25, -0.2) is 17.5 Å². The Morgan fingerprint density at radius 1 is 1.15 bits per heavy atom. The molecule has 0 atom stereocenters. The highest BCUT2D eigenvalue weighted by atomic mass is 35.5. The lowest BCUT2D eigenvalue weighted by atomic mass is 10.2. The van der Waals surface area contributed by atoms with Crippen molar-refractivity contribution >= 4 is 39.2 Å². The maximum absolute atomic E-state index is 12.4. The summed E-state index contributed by atoms with van der Waals surface area (Å²) in [4.78, 5) is 24.8. The first-order valence-electron chi connectivity index (χ1n) is 9.91. The van der Waals surface area contributed by atoms with Crippen LogP contribution in [0.2, 0.25) is 5.02 Å². The predicted molar refractivity (Wildman–Crippen MR) is 125 cm³/mol. The van der Waals surface area contributed by atoms with Crippen molar-refractivity contribution in [3.8, 4) is 11.5 Å². The fourth-order valence-electron chi connectivity index (χ4n) is 2.70. The molecule has 9 nitrogen and oxygen atoms in total. The van der Waals surface area contributed by atoms with Crippen LogP contribution in [0.5, 0.6) is 11.5 Å². The van der Waals surface area contributed by atoms with Crippen molar-refractivity contribution in [1.29, 1.82) is 0 Å². The first-order valence-corrected chi connectivity index (χ1v) is 11.7. The predicted octanol–water partition coefficient (Wildman–Crippen LogP) is 3.49. The van der Waals surface area contributed by atoms with Crippen LogP contribution >= 0.6 is 11.6 Å². The summed E-state index contributed by atoms with van der Waals surface area (Å²) in [6, 6.07) is 7.14. The van der Waals surface area contributed by atoms with Gasteiger partial charge in [0, 0.05) is 19.8 Å². The number of nitrogens with zero attached hydrogens (tertiary/aromatic N) is 1. The quantitative estimate of drug-likeness (QED) is 0.527. The normalized spacial score (nSPS) is 11.4. The third-order valence-corrected chi connectivity index (χ3v) is 6.51. The number of benzene rings is 2. The third kappa shape index (κ3) is 6.59. The molecule has 0 bridgehead atoms. The number of anilines is 1. The smallest absolute Gasteiger partial charge is 0.338 e. The Bertz CT molecular complexity index is 1150. The van der Waals surface area contributed by atoms with E-state index in [2.05, 4.69) is 5.32 Å². The molecule has 0 aliphatic carbocycles. The Morgan fingerprint density at radius 2 is 1.82 bits per heavy atom. The molecule has 2 aromatic carbocycles. The van der Waals surface area contributed by atoms with Crippen molar-refractivity contribution in [3.05, 3.63) is 46.5 Å². The van der Waals surface area contributed by atoms with E-state index in [4.69, 9.17) is 25.8 Å². The summed E-state index contributed by atoms with van der Waals surface area (Å²) < 4.78 is 41.7. The van der Waals surface area contributed by atoms with Gasteiger partial charge in [0.2, 0.25) is 10.0 Å². The van der Waals surface area contributed by atoms with Crippen LogP contribution in [0.15, 0.2) is 35.2 Å². The summed E-state index contributed by atoms with van der Waals surface area (Å²) in [5.41, 5.74) is 1.01. The summed E-state index contributed by atoms with van der Waals surface area (Å²) in [5.74, 6) is -0.876. The van der Waals surface area contributed by atoms with Crippen molar-refractivity contribution < 1.29 is 32.2 Å². The topological polar surface area (TPSA) is 111 Å². The summed E-state index contributed by atoms with van der Waals surface area (Å²) in [6.07, 6.45) is -0.160. The highest BCUT2D eigenvalue weighted by Crippen LogP contribution is 2.37. The number of amides is 1. The number of halogens is 1. The van der Waals surface area contributed by atoms with E-state index in [9.17, 15) is 18.0 Å². The van der Waals surface area contributed by atoms with Gasteiger partial charge in [0.1, 0.15) is 0 Å². The lowest BCUT2D eigenvalue weighted by Gasteiger charge is -2.16. The van der Waals surface area contributed by atoms with Gasteiger partial charge in [0.15, 0.2) is 18.1 Å². The number of sulfonamides is 1. The van der Waals surface area contributed by atoms with Gasteiger partial charge in [-0.3, -0.25) is 4.79 Å². The number of aryl methyl sites for hydroxylation is 1. The van der Waals surface area contributed by atoms with Gasteiger partial charge >= 0.3 is 5.97 Å². The van der Waals surface area contributed by atoms with Crippen LogP contribution in [-0.2, 0) is 19.6 Å². The Hall–Kier alpha value is -2.82. The Kier molecular flexibility index (Phi) is 8.70. The van der Waals surface area contributed by atoms with Gasteiger partial charge in [-0.1, -0.05) is 17.7 Å². The van der Waals surface area contributed by atoms with E-state index in [-0.39, 0.29) is 27.3 Å². The highest BCUT2D eigenvalue weighted by Gasteiger charge is 2.20. The maximum atomic E-state index is 12.4. The lowest BCUT2D eigenvalue weighted by molar-refractivity contribution is -0.119. The Balaban J connectivity index is 2.11. The molecule has 0 aliphatic rings. The zero-order valence-electron chi connectivity index (χ0n) is 19.3. The number of ether oxygens (including phenoxy) is 3. The van der Waals surface area contributed by atoms with Crippen LogP contribution < -0.4 is 14.8 Å². The van der Waals surface area contributed by atoms with Crippen LogP contribution in [0.1, 0.15) is 29.8 Å². The maximum Gasteiger partial charge on any atom is 0.338 e. The first-order chi connectivity index (χ1) is 15.4. The molecule has 2 aromatic rings. The molecule has 11 heteroatoms. The van der Waals surface area contributed by atoms with Gasteiger partial charge in [0.05, 0.1) is 28.7 Å². The molecule has 0 saturated heterocycles. The number of carbonyl (C=O) groups excluding carboxylic acids is 2. The molecular formula is C22H27ClN2O7S. The number of esters is 1. The molecule has 2 rings (SSSR count). The molecular weight excluding hydrogens is 472 g/mol. The van der Waals surface area contributed by atoms with Gasteiger partial charge < -0.3 is 19.5 Å². The van der Waals surface area contributed by atoms with E-state index in [1.165, 1.54) is 45.5 Å². The summed E-state index contributed by atoms with van der Waals surface area (Å²) in [7, 11) is 0.562. The number of methoxy groups -OCH3 is 1. The van der Waals surface area contributed by atoms with E-state index in [0.717, 1.165) is 4.31 Å². The SMILES string of the molecule is COc1cc(C(=O)OCC(=O)Nc2cc(S(=O)(=O)N(C)C)ccc2C)cc(Cl)c1OC(C)C. The minimum Gasteiger partial charge on any atom is -0.493 e. The van der Waals surface area contributed by atoms with Gasteiger partial charge in [-0.15, -0.1) is 0 Å². The van der Waals surface area contributed by atoms with E-state index < -0.39 is 28.5 Å². The molecule has 0 unspecified atom stereocenters. The zero-order chi connectivity index (χ0) is 24.9. The molecule has 0 radical (unpaired) electrons. The Morgan fingerprint density at radius 3 is 2.39 bits per heavy atom. The number of nitrogens with one attached hydrogen (secondary N) is 1. The second-order valence-electron chi connectivity index (χ2n) is 7.54. The van der Waals surface area contributed by atoms with Crippen LogP contribution in [0.3, 0.4) is 0 Å². The molecule has 33 heavy (non-hydrogen) atoms. The van der Waals surface area contributed by atoms with Crippen LogP contribution in [-0.4, -0.2) is 58.5 Å². The number of hydrogen-bond donors (Lipinski definition) is 1. The van der Waals surface area contributed by atoms with Crippen molar-refractivity contribution in [2.75, 3.05) is 33.1 Å². The summed E-state index contributed by atoms with van der Waals surface area (Å²) >= 11 is 6.22. The monoisotopic (exact) mass is 498 g/mol. The number of carbonyl (C=O) groups is 2. The fraction of sp³-hybridized carbons (Fsp3) is 0.364. The van der Waals surface area contributed by atoms with Gasteiger partial charge in [-0.05, 0) is 50.6 Å². The van der Waals surface area contributed by atoms with Crippen molar-refractivity contribution in [2.24, 2.45) is 0 Å². The average Bonchev–Trinajstić information content (AvgIpc) is 2.74. The molecule has 0 fully saturated rings. The van der Waals surface area contributed by atoms with Crippen LogP contribution in [0.25, 0.3) is 0 Å². The molecule has 1 amide bonds. The largest absolute Gasteiger partial charge is 0.493 e. The first kappa shape index (κ1) is 26.4. The summed E-state index contributed by atoms with van der Waals surface area (Å²) in [5, 5.41) is 2.72. The third-order valence-electron chi connectivity index (χ3n) is 4.41.